The molecule has 0 unspecified atom stereocenters. The van der Waals surface area contributed by atoms with Gasteiger partial charge in [-0.1, -0.05) is 15.9 Å². The van der Waals surface area contributed by atoms with E-state index in [-0.39, 0.29) is 18.2 Å². The summed E-state index contributed by atoms with van der Waals surface area (Å²) in [5, 5.41) is 9.44. The van der Waals surface area contributed by atoms with Crippen molar-refractivity contribution in [1.29, 1.82) is 0 Å². The van der Waals surface area contributed by atoms with Crippen LogP contribution in [-0.2, 0) is 9.53 Å². The molecule has 15 heavy (non-hydrogen) atoms. The van der Waals surface area contributed by atoms with Crippen LogP contribution in [0.25, 0.3) is 0 Å². The van der Waals surface area contributed by atoms with Crippen molar-refractivity contribution >= 4 is 34.3 Å². The topological polar surface area (TPSA) is 72.5 Å². The van der Waals surface area contributed by atoms with Crippen LogP contribution in [0.3, 0.4) is 0 Å². The van der Waals surface area contributed by atoms with Crippen LogP contribution in [0.1, 0.15) is 11.6 Å². The average molecular weight is 297 g/mol. The number of carbonyl (C=O) groups excluding carboxylic acids is 1. The van der Waals surface area contributed by atoms with Gasteiger partial charge in [0, 0.05) is 10.0 Å². The van der Waals surface area contributed by atoms with E-state index in [0.717, 1.165) is 4.47 Å². The Hall–Kier alpha value is -0.780. The highest BCUT2D eigenvalue weighted by molar-refractivity contribution is 9.10. The van der Waals surface area contributed by atoms with Crippen LogP contribution in [0.15, 0.2) is 22.7 Å². The van der Waals surface area contributed by atoms with Gasteiger partial charge in [-0.15, -0.1) is 12.4 Å². The maximum atomic E-state index is 11.1. The van der Waals surface area contributed by atoms with E-state index >= 15 is 0 Å². The molecule has 0 aromatic heterocycles. The SMILES string of the molecule is COC(=O)[C@@H](N)c1cc(Br)ccc1O.Cl. The van der Waals surface area contributed by atoms with E-state index in [1.807, 2.05) is 0 Å². The van der Waals surface area contributed by atoms with Crippen molar-refractivity contribution in [2.75, 3.05) is 7.11 Å². The van der Waals surface area contributed by atoms with Gasteiger partial charge in [-0.05, 0) is 18.2 Å². The molecule has 0 aliphatic carbocycles. The zero-order valence-electron chi connectivity index (χ0n) is 7.94. The molecule has 0 aliphatic heterocycles. The molecule has 3 N–H and O–H groups in total. The summed E-state index contributed by atoms with van der Waals surface area (Å²) in [5.74, 6) is -0.607. The van der Waals surface area contributed by atoms with Gasteiger partial charge in [0.25, 0.3) is 0 Å². The third-order valence-corrected chi connectivity index (χ3v) is 2.27. The van der Waals surface area contributed by atoms with Crippen molar-refractivity contribution < 1.29 is 14.6 Å². The minimum absolute atomic E-state index is 0. The van der Waals surface area contributed by atoms with Gasteiger partial charge in [-0.25, -0.2) is 0 Å². The number of rotatable bonds is 2. The molecule has 0 radical (unpaired) electrons. The molecule has 0 heterocycles. The Balaban J connectivity index is 0.00000196. The number of esters is 1. The summed E-state index contributed by atoms with van der Waals surface area (Å²) in [6.07, 6.45) is 0. The Labute approximate surface area is 102 Å². The highest BCUT2D eigenvalue weighted by Crippen LogP contribution is 2.26. The quantitative estimate of drug-likeness (QED) is 0.816. The molecule has 0 bridgehead atoms. The van der Waals surface area contributed by atoms with Gasteiger partial charge in [-0.3, -0.25) is 4.79 Å². The van der Waals surface area contributed by atoms with Gasteiger partial charge in [0.15, 0.2) is 0 Å². The van der Waals surface area contributed by atoms with Crippen molar-refractivity contribution in [3.05, 3.63) is 28.2 Å². The molecule has 0 amide bonds. The highest BCUT2D eigenvalue weighted by Gasteiger charge is 2.19. The first-order chi connectivity index (χ1) is 6.56. The zero-order chi connectivity index (χ0) is 10.7. The van der Waals surface area contributed by atoms with Gasteiger partial charge in [0.2, 0.25) is 0 Å². The van der Waals surface area contributed by atoms with Crippen molar-refractivity contribution in [3.8, 4) is 5.75 Å². The Morgan fingerprint density at radius 2 is 2.20 bits per heavy atom. The maximum Gasteiger partial charge on any atom is 0.327 e. The predicted molar refractivity (Wildman–Crippen MR) is 62.0 cm³/mol. The minimum atomic E-state index is -0.961. The van der Waals surface area contributed by atoms with E-state index < -0.39 is 12.0 Å². The summed E-state index contributed by atoms with van der Waals surface area (Å²) in [6.45, 7) is 0. The van der Waals surface area contributed by atoms with Crippen molar-refractivity contribution in [1.82, 2.24) is 0 Å². The van der Waals surface area contributed by atoms with E-state index in [1.165, 1.54) is 13.2 Å². The number of benzene rings is 1. The summed E-state index contributed by atoms with van der Waals surface area (Å²) >= 11 is 3.22. The lowest BCUT2D eigenvalue weighted by atomic mass is 10.1. The Kier molecular flexibility index (Phi) is 5.64. The van der Waals surface area contributed by atoms with Crippen LogP contribution in [0.5, 0.6) is 5.75 Å². The molecule has 1 aromatic rings. The van der Waals surface area contributed by atoms with Crippen molar-refractivity contribution in [3.63, 3.8) is 0 Å². The number of ether oxygens (including phenoxy) is 1. The summed E-state index contributed by atoms with van der Waals surface area (Å²) < 4.78 is 5.21. The van der Waals surface area contributed by atoms with Crippen LogP contribution in [0, 0.1) is 0 Å². The number of phenols is 1. The fourth-order valence-corrected chi connectivity index (χ4v) is 1.41. The van der Waals surface area contributed by atoms with Gasteiger partial charge in [0.1, 0.15) is 11.8 Å². The van der Waals surface area contributed by atoms with Crippen molar-refractivity contribution in [2.45, 2.75) is 6.04 Å². The molecule has 0 fully saturated rings. The van der Waals surface area contributed by atoms with Gasteiger partial charge < -0.3 is 15.6 Å². The van der Waals surface area contributed by atoms with E-state index in [4.69, 9.17) is 5.73 Å². The van der Waals surface area contributed by atoms with Crippen LogP contribution >= 0.6 is 28.3 Å². The second-order valence-electron chi connectivity index (χ2n) is 2.70. The Morgan fingerprint density at radius 1 is 1.60 bits per heavy atom. The largest absolute Gasteiger partial charge is 0.508 e. The summed E-state index contributed by atoms with van der Waals surface area (Å²) in [4.78, 5) is 11.1. The molecule has 1 rings (SSSR count). The molecule has 84 valence electrons. The molecule has 0 aliphatic rings. The number of carbonyl (C=O) groups is 1. The zero-order valence-corrected chi connectivity index (χ0v) is 10.3. The number of hydrogen-bond donors (Lipinski definition) is 2. The average Bonchev–Trinajstić information content (AvgIpc) is 2.19. The van der Waals surface area contributed by atoms with Gasteiger partial charge in [-0.2, -0.15) is 0 Å². The predicted octanol–water partition coefficient (Wildman–Crippen LogP) is 1.75. The molecule has 1 atom stereocenters. The van der Waals surface area contributed by atoms with Gasteiger partial charge >= 0.3 is 5.97 Å². The number of nitrogens with two attached hydrogens (primary N) is 1. The van der Waals surface area contributed by atoms with Crippen LogP contribution in [-0.4, -0.2) is 18.2 Å². The molecular weight excluding hydrogens is 285 g/mol. The number of phenolic OH excluding ortho intramolecular Hbond substituents is 1. The lowest BCUT2D eigenvalue weighted by Gasteiger charge is -2.11. The smallest absolute Gasteiger partial charge is 0.327 e. The second-order valence-corrected chi connectivity index (χ2v) is 3.62. The first-order valence-electron chi connectivity index (χ1n) is 3.88. The monoisotopic (exact) mass is 295 g/mol. The van der Waals surface area contributed by atoms with Crippen molar-refractivity contribution in [2.24, 2.45) is 5.73 Å². The fourth-order valence-electron chi connectivity index (χ4n) is 1.03. The normalized spacial score (nSPS) is 11.4. The van der Waals surface area contributed by atoms with E-state index in [2.05, 4.69) is 20.7 Å². The van der Waals surface area contributed by atoms with E-state index in [0.29, 0.717) is 5.56 Å². The molecule has 0 spiro atoms. The Bertz CT molecular complexity index is 359. The Morgan fingerprint density at radius 3 is 2.73 bits per heavy atom. The lowest BCUT2D eigenvalue weighted by Crippen LogP contribution is -2.22. The lowest BCUT2D eigenvalue weighted by molar-refractivity contribution is -0.142. The van der Waals surface area contributed by atoms with Crippen LogP contribution < -0.4 is 5.73 Å². The summed E-state index contributed by atoms with van der Waals surface area (Å²) in [6, 6.07) is 3.74. The third kappa shape index (κ3) is 3.37. The maximum absolute atomic E-state index is 11.1. The number of halogens is 2. The number of aromatic hydroxyl groups is 1. The summed E-state index contributed by atoms with van der Waals surface area (Å²) in [5.41, 5.74) is 5.90. The summed E-state index contributed by atoms with van der Waals surface area (Å²) in [7, 11) is 1.25. The van der Waals surface area contributed by atoms with Crippen LogP contribution in [0.4, 0.5) is 0 Å². The highest BCUT2D eigenvalue weighted by atomic mass is 79.9. The standard InChI is InChI=1S/C9H10BrNO3.ClH/c1-14-9(13)8(11)6-4-5(10)2-3-7(6)12;/h2-4,8,12H,11H2,1H3;1H/t8-;/m0./s1. The van der Waals surface area contributed by atoms with Crippen LogP contribution in [0.2, 0.25) is 0 Å². The molecule has 0 saturated carbocycles. The third-order valence-electron chi connectivity index (χ3n) is 1.78. The second kappa shape index (κ2) is 5.95. The number of hydrogen-bond acceptors (Lipinski definition) is 4. The fraction of sp³-hybridized carbons (Fsp3) is 0.222. The number of methoxy groups -OCH3 is 1. The van der Waals surface area contributed by atoms with E-state index in [1.54, 1.807) is 12.1 Å². The molecule has 0 saturated heterocycles. The first kappa shape index (κ1) is 14.2. The first-order valence-corrected chi connectivity index (χ1v) is 4.67. The molecule has 1 aromatic carbocycles. The molecule has 6 heteroatoms. The molecular formula is C9H11BrClNO3. The van der Waals surface area contributed by atoms with E-state index in [9.17, 15) is 9.90 Å². The molecule has 4 nitrogen and oxygen atoms in total. The minimum Gasteiger partial charge on any atom is -0.508 e. The van der Waals surface area contributed by atoms with Gasteiger partial charge in [0.05, 0.1) is 7.11 Å².